The second-order valence-corrected chi connectivity index (χ2v) is 6.95. The van der Waals surface area contributed by atoms with Crippen LogP contribution in [0.5, 0.6) is 0 Å². The van der Waals surface area contributed by atoms with Crippen molar-refractivity contribution < 1.29 is 39.3 Å². The number of aliphatic hydroxyl groups excluding tert-OH is 2. The molecule has 0 aromatic carbocycles. The maximum Gasteiger partial charge on any atom is 0.328 e. The van der Waals surface area contributed by atoms with E-state index in [9.17, 15) is 29.1 Å². The quantitative estimate of drug-likeness (QED) is 0.142. The summed E-state index contributed by atoms with van der Waals surface area (Å²) in [5.74, 6) is -5.49. The van der Waals surface area contributed by atoms with E-state index in [1.54, 1.807) is 6.92 Å². The van der Waals surface area contributed by atoms with Crippen LogP contribution in [0.15, 0.2) is 0 Å². The Labute approximate surface area is 173 Å². The first-order valence-electron chi connectivity index (χ1n) is 9.32. The summed E-state index contributed by atoms with van der Waals surface area (Å²) in [6, 6.07) is -5.74. The van der Waals surface area contributed by atoms with Gasteiger partial charge in [0.1, 0.15) is 18.1 Å². The molecule has 6 atom stereocenters. The van der Waals surface area contributed by atoms with Crippen molar-refractivity contribution in [1.29, 1.82) is 0 Å². The Balaban J connectivity index is 5.40. The topological polar surface area (TPSA) is 234 Å². The summed E-state index contributed by atoms with van der Waals surface area (Å²) in [6.45, 7) is 3.77. The van der Waals surface area contributed by atoms with Crippen molar-refractivity contribution in [1.82, 2.24) is 16.0 Å². The van der Waals surface area contributed by atoms with Crippen LogP contribution in [0.4, 0.5) is 0 Å². The molecule has 13 nitrogen and oxygen atoms in total. The Hall–Kier alpha value is -2.77. The number of aliphatic hydroxyl groups is 2. The zero-order chi connectivity index (χ0) is 23.6. The number of carbonyl (C=O) groups is 5. The second-order valence-electron chi connectivity index (χ2n) is 6.95. The summed E-state index contributed by atoms with van der Waals surface area (Å²) in [7, 11) is 0. The summed E-state index contributed by atoms with van der Waals surface area (Å²) in [4.78, 5) is 59.3. The molecule has 0 spiro atoms. The Morgan fingerprint density at radius 2 is 1.47 bits per heavy atom. The number of aliphatic carboxylic acids is 1. The van der Waals surface area contributed by atoms with Gasteiger partial charge in [-0.05, 0) is 12.8 Å². The molecule has 6 unspecified atom stereocenters. The first-order chi connectivity index (χ1) is 13.8. The molecule has 0 heterocycles. The average Bonchev–Trinajstić information content (AvgIpc) is 2.66. The monoisotopic (exact) mass is 433 g/mol. The largest absolute Gasteiger partial charge is 0.480 e. The van der Waals surface area contributed by atoms with Crippen LogP contribution in [0, 0.1) is 5.92 Å². The SMILES string of the molecule is CCC(C)C(N)C(=O)NC(CC(N)=O)C(=O)NC(C(=O)NC(CO)C(=O)O)C(C)O. The van der Waals surface area contributed by atoms with Crippen molar-refractivity contribution >= 4 is 29.6 Å². The number of rotatable bonds is 13. The first kappa shape index (κ1) is 27.2. The van der Waals surface area contributed by atoms with Crippen LogP contribution < -0.4 is 27.4 Å². The smallest absolute Gasteiger partial charge is 0.328 e. The highest BCUT2D eigenvalue weighted by Gasteiger charge is 2.33. The lowest BCUT2D eigenvalue weighted by atomic mass is 9.99. The predicted molar refractivity (Wildman–Crippen MR) is 103 cm³/mol. The van der Waals surface area contributed by atoms with Gasteiger partial charge in [0.05, 0.1) is 25.2 Å². The van der Waals surface area contributed by atoms with Crippen molar-refractivity contribution in [3.8, 4) is 0 Å². The number of nitrogens with two attached hydrogens (primary N) is 2. The highest BCUT2D eigenvalue weighted by Crippen LogP contribution is 2.06. The molecule has 0 aromatic rings. The fraction of sp³-hybridized carbons (Fsp3) is 0.706. The highest BCUT2D eigenvalue weighted by atomic mass is 16.4. The van der Waals surface area contributed by atoms with Crippen molar-refractivity contribution in [3.63, 3.8) is 0 Å². The molecule has 0 fully saturated rings. The lowest BCUT2D eigenvalue weighted by Gasteiger charge is -2.26. The highest BCUT2D eigenvalue weighted by molar-refractivity contribution is 5.96. The minimum absolute atomic E-state index is 0.218. The summed E-state index contributed by atoms with van der Waals surface area (Å²) in [6.07, 6.45) is -1.50. The van der Waals surface area contributed by atoms with E-state index in [0.29, 0.717) is 6.42 Å². The van der Waals surface area contributed by atoms with Gasteiger partial charge in [0.2, 0.25) is 23.6 Å². The van der Waals surface area contributed by atoms with E-state index in [-0.39, 0.29) is 5.92 Å². The van der Waals surface area contributed by atoms with Crippen molar-refractivity contribution in [2.24, 2.45) is 17.4 Å². The molecule has 0 rings (SSSR count). The standard InChI is InChI=1S/C17H31N5O8/c1-4-7(2)12(19)15(27)20-9(5-11(18)25)14(26)22-13(8(3)24)16(28)21-10(6-23)17(29)30/h7-10,12-13,23-24H,4-6,19H2,1-3H3,(H2,18,25)(H,20,27)(H,21,28)(H,22,26)(H,29,30). The fourth-order valence-electron chi connectivity index (χ4n) is 2.30. The molecule has 0 radical (unpaired) electrons. The number of carbonyl (C=O) groups excluding carboxylic acids is 4. The third-order valence-electron chi connectivity index (χ3n) is 4.46. The van der Waals surface area contributed by atoms with Crippen molar-refractivity contribution in [2.75, 3.05) is 6.61 Å². The molecule has 30 heavy (non-hydrogen) atoms. The van der Waals surface area contributed by atoms with E-state index >= 15 is 0 Å². The van der Waals surface area contributed by atoms with Gasteiger partial charge in [0.25, 0.3) is 0 Å². The average molecular weight is 433 g/mol. The summed E-state index contributed by atoms with van der Waals surface area (Å²) in [5.41, 5.74) is 10.9. The maximum atomic E-state index is 12.6. The van der Waals surface area contributed by atoms with E-state index in [2.05, 4.69) is 10.6 Å². The molecule has 4 amide bonds. The van der Waals surface area contributed by atoms with E-state index < -0.39 is 72.9 Å². The maximum absolute atomic E-state index is 12.6. The Kier molecular flexibility index (Phi) is 11.5. The minimum atomic E-state index is -1.66. The zero-order valence-corrected chi connectivity index (χ0v) is 17.1. The number of amides is 4. The molecule has 0 aliphatic heterocycles. The molecular weight excluding hydrogens is 402 g/mol. The molecule has 13 heteroatoms. The van der Waals surface area contributed by atoms with E-state index in [1.165, 1.54) is 0 Å². The molecule has 0 aromatic heterocycles. The van der Waals surface area contributed by atoms with Gasteiger partial charge in [0.15, 0.2) is 0 Å². The molecular formula is C17H31N5O8. The Morgan fingerprint density at radius 1 is 0.933 bits per heavy atom. The van der Waals surface area contributed by atoms with Gasteiger partial charge < -0.3 is 42.7 Å². The first-order valence-corrected chi connectivity index (χ1v) is 9.32. The van der Waals surface area contributed by atoms with Gasteiger partial charge in [-0.1, -0.05) is 20.3 Å². The number of carboxylic acids is 1. The van der Waals surface area contributed by atoms with E-state index in [4.69, 9.17) is 21.7 Å². The van der Waals surface area contributed by atoms with Crippen LogP contribution in [0.25, 0.3) is 0 Å². The number of carboxylic acid groups (broad SMARTS) is 1. The van der Waals surface area contributed by atoms with Crippen LogP contribution in [-0.2, 0) is 24.0 Å². The molecule has 10 N–H and O–H groups in total. The fourth-order valence-corrected chi connectivity index (χ4v) is 2.30. The predicted octanol–water partition coefficient (Wildman–Crippen LogP) is -3.85. The van der Waals surface area contributed by atoms with Gasteiger partial charge in [-0.25, -0.2) is 4.79 Å². The third kappa shape index (κ3) is 8.71. The number of hydrogen-bond acceptors (Lipinski definition) is 8. The molecule has 0 aliphatic rings. The number of primary amides is 1. The van der Waals surface area contributed by atoms with Crippen LogP contribution in [0.3, 0.4) is 0 Å². The minimum Gasteiger partial charge on any atom is -0.480 e. The van der Waals surface area contributed by atoms with Gasteiger partial charge in [-0.2, -0.15) is 0 Å². The van der Waals surface area contributed by atoms with E-state index in [1.807, 2.05) is 12.2 Å². The Bertz CT molecular complexity index is 642. The number of hydrogen-bond donors (Lipinski definition) is 8. The normalized spacial score (nSPS) is 16.9. The lowest BCUT2D eigenvalue weighted by molar-refractivity contribution is -0.144. The Morgan fingerprint density at radius 3 is 1.87 bits per heavy atom. The molecule has 0 bridgehead atoms. The van der Waals surface area contributed by atoms with Gasteiger partial charge >= 0.3 is 5.97 Å². The summed E-state index contributed by atoms with van der Waals surface area (Å²) < 4.78 is 0. The van der Waals surface area contributed by atoms with Crippen LogP contribution in [-0.4, -0.2) is 81.8 Å². The van der Waals surface area contributed by atoms with Gasteiger partial charge in [0, 0.05) is 0 Å². The molecule has 0 aliphatic carbocycles. The lowest BCUT2D eigenvalue weighted by Crippen LogP contribution is -2.60. The van der Waals surface area contributed by atoms with Crippen molar-refractivity contribution in [2.45, 2.75) is 63.9 Å². The summed E-state index contributed by atoms with van der Waals surface area (Å²) in [5, 5.41) is 34.1. The van der Waals surface area contributed by atoms with Crippen LogP contribution >= 0.6 is 0 Å². The van der Waals surface area contributed by atoms with E-state index in [0.717, 1.165) is 6.92 Å². The third-order valence-corrected chi connectivity index (χ3v) is 4.46. The van der Waals surface area contributed by atoms with Crippen LogP contribution in [0.1, 0.15) is 33.6 Å². The molecule has 172 valence electrons. The number of nitrogens with one attached hydrogen (secondary N) is 3. The zero-order valence-electron chi connectivity index (χ0n) is 17.1. The van der Waals surface area contributed by atoms with Crippen molar-refractivity contribution in [3.05, 3.63) is 0 Å². The second kappa shape index (κ2) is 12.7. The summed E-state index contributed by atoms with van der Waals surface area (Å²) >= 11 is 0. The van der Waals surface area contributed by atoms with Gasteiger partial charge in [-0.3, -0.25) is 19.2 Å². The van der Waals surface area contributed by atoms with Gasteiger partial charge in [-0.15, -0.1) is 0 Å². The molecule has 0 saturated carbocycles. The van der Waals surface area contributed by atoms with Crippen LogP contribution in [0.2, 0.25) is 0 Å². The molecule has 0 saturated heterocycles.